The molecule has 0 aliphatic heterocycles. The second kappa shape index (κ2) is 2.79. The van der Waals surface area contributed by atoms with Gasteiger partial charge in [-0.15, -0.1) is 0 Å². The van der Waals surface area contributed by atoms with Gasteiger partial charge in [0, 0.05) is 6.04 Å². The molecule has 1 saturated carbocycles. The van der Waals surface area contributed by atoms with Crippen LogP contribution in [0.25, 0.3) is 0 Å². The van der Waals surface area contributed by atoms with E-state index in [1.54, 1.807) is 12.1 Å². The Labute approximate surface area is 72.0 Å². The molecule has 0 heterocycles. The van der Waals surface area contributed by atoms with Gasteiger partial charge >= 0.3 is 0 Å². The van der Waals surface area contributed by atoms with Gasteiger partial charge in [-0.3, -0.25) is 0 Å². The van der Waals surface area contributed by atoms with Crippen molar-refractivity contribution < 1.29 is 5.11 Å². The maximum atomic E-state index is 9.05. The van der Waals surface area contributed by atoms with Crippen molar-refractivity contribution in [1.29, 1.82) is 0 Å². The van der Waals surface area contributed by atoms with Crippen LogP contribution in [0.2, 0.25) is 0 Å². The lowest BCUT2D eigenvalue weighted by atomic mass is 10.0. The van der Waals surface area contributed by atoms with Gasteiger partial charge in [-0.25, -0.2) is 0 Å². The van der Waals surface area contributed by atoms with E-state index in [-0.39, 0.29) is 6.04 Å². The first-order valence-corrected chi connectivity index (χ1v) is 4.32. The molecule has 1 aromatic rings. The van der Waals surface area contributed by atoms with E-state index in [2.05, 4.69) is 0 Å². The van der Waals surface area contributed by atoms with Gasteiger partial charge in [-0.1, -0.05) is 12.1 Å². The van der Waals surface area contributed by atoms with E-state index < -0.39 is 0 Å². The standard InChI is InChI=1S/C10H13NO/c11-10(7-1-2-7)8-3-5-9(12)6-4-8/h3-7,10,12H,1-2,11H2/t10-/m0/s1. The largest absolute Gasteiger partial charge is 0.508 e. The van der Waals surface area contributed by atoms with Crippen molar-refractivity contribution in [1.82, 2.24) is 0 Å². The highest BCUT2D eigenvalue weighted by Crippen LogP contribution is 2.39. The van der Waals surface area contributed by atoms with Crippen LogP contribution in [0.4, 0.5) is 0 Å². The van der Waals surface area contributed by atoms with E-state index in [0.717, 1.165) is 5.56 Å². The Morgan fingerprint density at radius 2 is 1.83 bits per heavy atom. The van der Waals surface area contributed by atoms with Crippen LogP contribution in [0.1, 0.15) is 24.4 Å². The van der Waals surface area contributed by atoms with E-state index in [9.17, 15) is 0 Å². The normalized spacial score (nSPS) is 19.1. The Morgan fingerprint density at radius 1 is 1.25 bits per heavy atom. The number of phenols is 1. The van der Waals surface area contributed by atoms with Crippen LogP contribution in [0.3, 0.4) is 0 Å². The van der Waals surface area contributed by atoms with Crippen molar-refractivity contribution in [3.05, 3.63) is 29.8 Å². The molecule has 3 N–H and O–H groups in total. The summed E-state index contributed by atoms with van der Waals surface area (Å²) in [5.74, 6) is 0.983. The first-order valence-electron chi connectivity index (χ1n) is 4.32. The molecule has 1 atom stereocenters. The van der Waals surface area contributed by atoms with Crippen LogP contribution in [-0.2, 0) is 0 Å². The summed E-state index contributed by atoms with van der Waals surface area (Å²) >= 11 is 0. The van der Waals surface area contributed by atoms with Crippen LogP contribution in [-0.4, -0.2) is 5.11 Å². The third kappa shape index (κ3) is 1.43. The number of benzene rings is 1. The monoisotopic (exact) mass is 163 g/mol. The van der Waals surface area contributed by atoms with Gasteiger partial charge in [-0.05, 0) is 36.5 Å². The van der Waals surface area contributed by atoms with Crippen molar-refractivity contribution in [3.8, 4) is 5.75 Å². The number of aromatic hydroxyl groups is 1. The summed E-state index contributed by atoms with van der Waals surface area (Å²) < 4.78 is 0. The molecule has 0 spiro atoms. The second-order valence-electron chi connectivity index (χ2n) is 3.45. The summed E-state index contributed by atoms with van der Waals surface area (Å²) in [5.41, 5.74) is 7.10. The summed E-state index contributed by atoms with van der Waals surface area (Å²) in [4.78, 5) is 0. The molecular weight excluding hydrogens is 150 g/mol. The predicted molar refractivity (Wildman–Crippen MR) is 47.8 cm³/mol. The van der Waals surface area contributed by atoms with Crippen LogP contribution in [0.5, 0.6) is 5.75 Å². The fourth-order valence-electron chi connectivity index (χ4n) is 1.42. The molecule has 2 heteroatoms. The molecule has 0 aromatic heterocycles. The molecule has 0 saturated heterocycles. The molecule has 2 nitrogen and oxygen atoms in total. The van der Waals surface area contributed by atoms with Gasteiger partial charge < -0.3 is 10.8 Å². The minimum Gasteiger partial charge on any atom is -0.508 e. The highest BCUT2D eigenvalue weighted by molar-refractivity contribution is 5.28. The zero-order valence-corrected chi connectivity index (χ0v) is 6.90. The number of phenolic OH excluding ortho intramolecular Hbond substituents is 1. The molecular formula is C10H13NO. The molecule has 0 bridgehead atoms. The number of hydrogen-bond acceptors (Lipinski definition) is 2. The Hall–Kier alpha value is -1.02. The van der Waals surface area contributed by atoms with Crippen LogP contribution < -0.4 is 5.73 Å². The minimum atomic E-state index is 0.172. The summed E-state index contributed by atoms with van der Waals surface area (Å²) in [6.45, 7) is 0. The quantitative estimate of drug-likeness (QED) is 0.698. The van der Waals surface area contributed by atoms with E-state index >= 15 is 0 Å². The Morgan fingerprint density at radius 3 is 2.33 bits per heavy atom. The molecule has 0 amide bonds. The van der Waals surface area contributed by atoms with Crippen molar-refractivity contribution in [2.45, 2.75) is 18.9 Å². The predicted octanol–water partition coefficient (Wildman–Crippen LogP) is 1.80. The average molecular weight is 163 g/mol. The van der Waals surface area contributed by atoms with Gasteiger partial charge in [0.25, 0.3) is 0 Å². The van der Waals surface area contributed by atoms with Crippen molar-refractivity contribution >= 4 is 0 Å². The Bertz CT molecular complexity index is 264. The number of nitrogens with two attached hydrogens (primary N) is 1. The van der Waals surface area contributed by atoms with E-state index in [1.165, 1.54) is 12.8 Å². The maximum Gasteiger partial charge on any atom is 0.115 e. The molecule has 1 aliphatic rings. The summed E-state index contributed by atoms with van der Waals surface area (Å²) in [7, 11) is 0. The SMILES string of the molecule is N[C@H](c1ccc(O)cc1)C1CC1. The molecule has 12 heavy (non-hydrogen) atoms. The molecule has 0 radical (unpaired) electrons. The second-order valence-corrected chi connectivity index (χ2v) is 3.45. The minimum absolute atomic E-state index is 0.172. The van der Waals surface area contributed by atoms with Crippen molar-refractivity contribution in [2.75, 3.05) is 0 Å². The smallest absolute Gasteiger partial charge is 0.115 e. The van der Waals surface area contributed by atoms with Gasteiger partial charge in [0.2, 0.25) is 0 Å². The van der Waals surface area contributed by atoms with Gasteiger partial charge in [-0.2, -0.15) is 0 Å². The fraction of sp³-hybridized carbons (Fsp3) is 0.400. The highest BCUT2D eigenvalue weighted by atomic mass is 16.3. The number of hydrogen-bond donors (Lipinski definition) is 2. The molecule has 1 aliphatic carbocycles. The van der Waals surface area contributed by atoms with Crippen LogP contribution in [0, 0.1) is 5.92 Å². The first-order chi connectivity index (χ1) is 5.77. The topological polar surface area (TPSA) is 46.2 Å². The van der Waals surface area contributed by atoms with E-state index in [4.69, 9.17) is 10.8 Å². The van der Waals surface area contributed by atoms with Crippen molar-refractivity contribution in [3.63, 3.8) is 0 Å². The molecule has 0 unspecified atom stereocenters. The van der Waals surface area contributed by atoms with E-state index in [1.807, 2.05) is 12.1 Å². The van der Waals surface area contributed by atoms with Crippen LogP contribution >= 0.6 is 0 Å². The maximum absolute atomic E-state index is 9.05. The lowest BCUT2D eigenvalue weighted by Gasteiger charge is -2.09. The summed E-state index contributed by atoms with van der Waals surface area (Å²) in [6.07, 6.45) is 2.50. The van der Waals surface area contributed by atoms with E-state index in [0.29, 0.717) is 11.7 Å². The third-order valence-electron chi connectivity index (χ3n) is 2.41. The van der Waals surface area contributed by atoms with Gasteiger partial charge in [0.05, 0.1) is 0 Å². The summed E-state index contributed by atoms with van der Waals surface area (Å²) in [6, 6.07) is 7.36. The molecule has 2 rings (SSSR count). The highest BCUT2D eigenvalue weighted by Gasteiger charge is 2.29. The third-order valence-corrected chi connectivity index (χ3v) is 2.41. The van der Waals surface area contributed by atoms with Gasteiger partial charge in [0.15, 0.2) is 0 Å². The first kappa shape index (κ1) is 7.62. The van der Waals surface area contributed by atoms with Gasteiger partial charge in [0.1, 0.15) is 5.75 Å². The summed E-state index contributed by atoms with van der Waals surface area (Å²) in [5, 5.41) is 9.05. The molecule has 1 fully saturated rings. The Kier molecular flexibility index (Phi) is 1.77. The average Bonchev–Trinajstić information content (AvgIpc) is 2.87. The van der Waals surface area contributed by atoms with Crippen molar-refractivity contribution in [2.24, 2.45) is 11.7 Å². The molecule has 64 valence electrons. The fourth-order valence-corrected chi connectivity index (χ4v) is 1.42. The lowest BCUT2D eigenvalue weighted by molar-refractivity contribution is 0.474. The van der Waals surface area contributed by atoms with Crippen LogP contribution in [0.15, 0.2) is 24.3 Å². The Balaban J connectivity index is 2.16. The lowest BCUT2D eigenvalue weighted by Crippen LogP contribution is -2.11. The molecule has 1 aromatic carbocycles. The number of rotatable bonds is 2. The zero-order chi connectivity index (χ0) is 8.55. The zero-order valence-electron chi connectivity index (χ0n) is 6.90.